The van der Waals surface area contributed by atoms with Gasteiger partial charge in [-0.3, -0.25) is 4.79 Å². The van der Waals surface area contributed by atoms with Crippen molar-refractivity contribution in [2.45, 2.75) is 45.1 Å². The number of benzene rings is 2. The van der Waals surface area contributed by atoms with Gasteiger partial charge in [-0.05, 0) is 55.7 Å². The van der Waals surface area contributed by atoms with Crippen LogP contribution in [0.1, 0.15) is 53.6 Å². The highest BCUT2D eigenvalue weighted by Crippen LogP contribution is 2.35. The number of alkyl halides is 2. The van der Waals surface area contributed by atoms with Gasteiger partial charge in [0.2, 0.25) is 5.91 Å². The van der Waals surface area contributed by atoms with Gasteiger partial charge in [-0.15, -0.1) is 0 Å². The van der Waals surface area contributed by atoms with Gasteiger partial charge in [-0.25, -0.2) is 8.78 Å². The number of rotatable bonds is 6. The second kappa shape index (κ2) is 7.72. The number of amides is 1. The van der Waals surface area contributed by atoms with Crippen LogP contribution in [0.5, 0.6) is 11.5 Å². The molecule has 26 heavy (non-hydrogen) atoms. The molecule has 1 fully saturated rings. The van der Waals surface area contributed by atoms with Crippen molar-refractivity contribution in [2.75, 3.05) is 5.32 Å². The molecule has 0 saturated heterocycles. The topological polar surface area (TPSA) is 64.3 Å². The summed E-state index contributed by atoms with van der Waals surface area (Å²) in [6.07, 6.45) is 1.77. The summed E-state index contributed by atoms with van der Waals surface area (Å²) >= 11 is 0. The molecule has 0 radical (unpaired) electrons. The van der Waals surface area contributed by atoms with E-state index < -0.39 is 12.3 Å². The van der Waals surface area contributed by atoms with Gasteiger partial charge in [0, 0.05) is 17.3 Å². The van der Waals surface area contributed by atoms with Crippen LogP contribution >= 0.6 is 0 Å². The zero-order valence-corrected chi connectivity index (χ0v) is 14.6. The van der Waals surface area contributed by atoms with Gasteiger partial charge in [0.25, 0.3) is 6.43 Å². The number of hydrogen-bond donors (Lipinski definition) is 2. The summed E-state index contributed by atoms with van der Waals surface area (Å²) in [7, 11) is 0. The Balaban J connectivity index is 1.85. The molecule has 0 unspecified atom stereocenters. The summed E-state index contributed by atoms with van der Waals surface area (Å²) in [4.78, 5) is 11.4. The number of carbonyl (C=O) groups excluding carboxylic acids is 1. The van der Waals surface area contributed by atoms with E-state index in [0.29, 0.717) is 28.6 Å². The first-order chi connectivity index (χ1) is 12.4. The average Bonchev–Trinajstić information content (AvgIpc) is 3.10. The lowest BCUT2D eigenvalue weighted by molar-refractivity contribution is 0.0999. The Morgan fingerprint density at radius 1 is 1.19 bits per heavy atom. The van der Waals surface area contributed by atoms with Gasteiger partial charge >= 0.3 is 0 Å². The predicted molar refractivity (Wildman–Crippen MR) is 97.0 cm³/mol. The lowest BCUT2D eigenvalue weighted by Crippen LogP contribution is -2.14. The van der Waals surface area contributed by atoms with Crippen molar-refractivity contribution in [2.24, 2.45) is 5.73 Å². The van der Waals surface area contributed by atoms with Crippen LogP contribution in [0.15, 0.2) is 36.4 Å². The SMILES string of the molecule is Cc1ccc(Oc2ccc(NC3CCCC3)cc2C(F)F)cc1C(N)=O. The van der Waals surface area contributed by atoms with Gasteiger partial charge < -0.3 is 15.8 Å². The van der Waals surface area contributed by atoms with Gasteiger partial charge in [0.1, 0.15) is 11.5 Å². The van der Waals surface area contributed by atoms with Crippen molar-refractivity contribution < 1.29 is 18.3 Å². The molecule has 1 amide bonds. The summed E-state index contributed by atoms with van der Waals surface area (Å²) in [6, 6.07) is 9.81. The Hall–Kier alpha value is -2.63. The lowest BCUT2D eigenvalue weighted by atomic mass is 10.1. The molecule has 1 aliphatic rings. The number of aryl methyl sites for hydroxylation is 1. The van der Waals surface area contributed by atoms with E-state index in [-0.39, 0.29) is 11.3 Å². The third kappa shape index (κ3) is 4.12. The number of nitrogens with one attached hydrogen (secondary N) is 1. The summed E-state index contributed by atoms with van der Waals surface area (Å²) < 4.78 is 32.7. The molecule has 0 atom stereocenters. The highest BCUT2D eigenvalue weighted by molar-refractivity contribution is 5.94. The van der Waals surface area contributed by atoms with Crippen molar-refractivity contribution in [1.29, 1.82) is 0 Å². The number of anilines is 1. The van der Waals surface area contributed by atoms with Gasteiger partial charge in [0.15, 0.2) is 0 Å². The normalized spacial score (nSPS) is 14.6. The highest BCUT2D eigenvalue weighted by Gasteiger charge is 2.19. The fraction of sp³-hybridized carbons (Fsp3) is 0.350. The number of carbonyl (C=O) groups is 1. The van der Waals surface area contributed by atoms with E-state index in [2.05, 4.69) is 5.32 Å². The molecule has 0 bridgehead atoms. The molecule has 4 nitrogen and oxygen atoms in total. The van der Waals surface area contributed by atoms with Crippen LogP contribution in [0.25, 0.3) is 0 Å². The summed E-state index contributed by atoms with van der Waals surface area (Å²) in [5.74, 6) is -0.225. The van der Waals surface area contributed by atoms with E-state index in [1.807, 2.05) is 0 Å². The van der Waals surface area contributed by atoms with Crippen molar-refractivity contribution >= 4 is 11.6 Å². The molecular weight excluding hydrogens is 338 g/mol. The molecule has 0 aliphatic heterocycles. The second-order valence-corrected chi connectivity index (χ2v) is 6.62. The summed E-state index contributed by atoms with van der Waals surface area (Å²) in [6.45, 7) is 1.75. The van der Waals surface area contributed by atoms with E-state index in [0.717, 1.165) is 25.7 Å². The maximum absolute atomic E-state index is 13.5. The largest absolute Gasteiger partial charge is 0.457 e. The Kier molecular flexibility index (Phi) is 5.40. The lowest BCUT2D eigenvalue weighted by Gasteiger charge is -2.17. The van der Waals surface area contributed by atoms with Gasteiger partial charge in [-0.1, -0.05) is 18.9 Å². The van der Waals surface area contributed by atoms with Crippen LogP contribution in [0.4, 0.5) is 14.5 Å². The summed E-state index contributed by atoms with van der Waals surface area (Å²) in [5.41, 5.74) is 6.82. The fourth-order valence-electron chi connectivity index (χ4n) is 3.26. The Morgan fingerprint density at radius 3 is 2.58 bits per heavy atom. The van der Waals surface area contributed by atoms with E-state index in [1.165, 1.54) is 18.2 Å². The van der Waals surface area contributed by atoms with Gasteiger partial charge in [0.05, 0.1) is 5.56 Å². The van der Waals surface area contributed by atoms with Crippen LogP contribution in [0.3, 0.4) is 0 Å². The maximum atomic E-state index is 13.5. The van der Waals surface area contributed by atoms with Crippen LogP contribution in [0.2, 0.25) is 0 Å². The predicted octanol–water partition coefficient (Wildman–Crippen LogP) is 5.18. The Bertz CT molecular complexity index is 802. The van der Waals surface area contributed by atoms with Crippen LogP contribution < -0.4 is 15.8 Å². The van der Waals surface area contributed by atoms with Crippen molar-refractivity contribution in [3.8, 4) is 11.5 Å². The third-order valence-electron chi connectivity index (χ3n) is 4.67. The molecule has 1 saturated carbocycles. The second-order valence-electron chi connectivity index (χ2n) is 6.62. The average molecular weight is 360 g/mol. The first-order valence-electron chi connectivity index (χ1n) is 8.71. The Labute approximate surface area is 151 Å². The molecule has 3 rings (SSSR count). The molecular formula is C20H22F2N2O2. The molecule has 0 spiro atoms. The molecule has 0 heterocycles. The smallest absolute Gasteiger partial charge is 0.267 e. The highest BCUT2D eigenvalue weighted by atomic mass is 19.3. The fourth-order valence-corrected chi connectivity index (χ4v) is 3.26. The minimum absolute atomic E-state index is 0.0660. The number of ether oxygens (including phenoxy) is 1. The van der Waals surface area contributed by atoms with Crippen LogP contribution in [-0.2, 0) is 0 Å². The molecule has 2 aromatic carbocycles. The molecule has 0 aromatic heterocycles. The minimum Gasteiger partial charge on any atom is -0.457 e. The molecule has 1 aliphatic carbocycles. The van der Waals surface area contributed by atoms with Crippen LogP contribution in [-0.4, -0.2) is 11.9 Å². The first-order valence-corrected chi connectivity index (χ1v) is 8.71. The summed E-state index contributed by atoms with van der Waals surface area (Å²) in [5, 5.41) is 3.31. The van der Waals surface area contributed by atoms with E-state index in [9.17, 15) is 13.6 Å². The van der Waals surface area contributed by atoms with Crippen molar-refractivity contribution in [1.82, 2.24) is 0 Å². The van der Waals surface area contributed by atoms with E-state index in [1.54, 1.807) is 25.1 Å². The van der Waals surface area contributed by atoms with Crippen LogP contribution in [0, 0.1) is 6.92 Å². The quantitative estimate of drug-likeness (QED) is 0.746. The van der Waals surface area contributed by atoms with Crippen molar-refractivity contribution in [3.63, 3.8) is 0 Å². The number of primary amides is 1. The van der Waals surface area contributed by atoms with Gasteiger partial charge in [-0.2, -0.15) is 0 Å². The zero-order valence-electron chi connectivity index (χ0n) is 14.6. The van der Waals surface area contributed by atoms with E-state index in [4.69, 9.17) is 10.5 Å². The molecule has 6 heteroatoms. The molecule has 138 valence electrons. The monoisotopic (exact) mass is 360 g/mol. The number of nitrogens with two attached hydrogens (primary N) is 1. The number of hydrogen-bond acceptors (Lipinski definition) is 3. The molecule has 2 aromatic rings. The zero-order chi connectivity index (χ0) is 18.7. The van der Waals surface area contributed by atoms with E-state index >= 15 is 0 Å². The standard InChI is InChI=1S/C20H22F2N2O2/c1-12-6-8-15(11-16(12)20(23)25)26-18-9-7-14(10-17(18)19(21)22)24-13-4-2-3-5-13/h6-11,13,19,24H,2-5H2,1H3,(H2,23,25). The first kappa shape index (κ1) is 18.2. The number of halogens is 2. The molecule has 3 N–H and O–H groups in total. The Morgan fingerprint density at radius 2 is 1.92 bits per heavy atom. The maximum Gasteiger partial charge on any atom is 0.267 e. The van der Waals surface area contributed by atoms with Crippen molar-refractivity contribution in [3.05, 3.63) is 53.1 Å². The third-order valence-corrected chi connectivity index (χ3v) is 4.67. The minimum atomic E-state index is -2.67.